The van der Waals surface area contributed by atoms with Crippen molar-refractivity contribution < 1.29 is 18.3 Å². The molecule has 0 aromatic heterocycles. The number of halogens is 3. The van der Waals surface area contributed by atoms with Gasteiger partial charge in [-0.15, -0.1) is 12.4 Å². The molecule has 4 nitrogen and oxygen atoms in total. The SMILES string of the molecule is COCCOc1cc(F)c(N2CCNCC2)c(F)c1.Cl. The van der Waals surface area contributed by atoms with E-state index in [0.717, 1.165) is 13.1 Å². The lowest BCUT2D eigenvalue weighted by Crippen LogP contribution is -2.44. The fraction of sp³-hybridized carbons (Fsp3) is 0.538. The summed E-state index contributed by atoms with van der Waals surface area (Å²) in [6.45, 7) is 3.29. The molecule has 0 bridgehead atoms. The van der Waals surface area contributed by atoms with E-state index < -0.39 is 11.6 Å². The summed E-state index contributed by atoms with van der Waals surface area (Å²) in [5, 5.41) is 3.14. The molecule has 0 radical (unpaired) electrons. The van der Waals surface area contributed by atoms with E-state index in [1.165, 1.54) is 19.2 Å². The Hall–Kier alpha value is -1.11. The summed E-state index contributed by atoms with van der Waals surface area (Å²) in [5.74, 6) is -0.991. The first-order chi connectivity index (χ1) is 9.22. The van der Waals surface area contributed by atoms with Gasteiger partial charge in [-0.05, 0) is 0 Å². The van der Waals surface area contributed by atoms with E-state index in [9.17, 15) is 8.78 Å². The summed E-state index contributed by atoms with van der Waals surface area (Å²) in [6.07, 6.45) is 0. The molecule has 0 aliphatic carbocycles. The number of benzene rings is 1. The molecular formula is C13H19ClF2N2O2. The first-order valence-electron chi connectivity index (χ1n) is 6.29. The number of methoxy groups -OCH3 is 1. The van der Waals surface area contributed by atoms with E-state index in [1.54, 1.807) is 4.90 Å². The smallest absolute Gasteiger partial charge is 0.153 e. The minimum absolute atomic E-state index is 0. The monoisotopic (exact) mass is 308 g/mol. The first-order valence-corrected chi connectivity index (χ1v) is 6.29. The quantitative estimate of drug-likeness (QED) is 0.841. The van der Waals surface area contributed by atoms with Crippen molar-refractivity contribution in [2.45, 2.75) is 0 Å². The van der Waals surface area contributed by atoms with Gasteiger partial charge in [0, 0.05) is 45.4 Å². The van der Waals surface area contributed by atoms with E-state index in [-0.39, 0.29) is 30.5 Å². The molecule has 0 amide bonds. The number of anilines is 1. The van der Waals surface area contributed by atoms with Crippen LogP contribution in [-0.4, -0.2) is 46.5 Å². The van der Waals surface area contributed by atoms with Crippen LogP contribution >= 0.6 is 12.4 Å². The normalized spacial score (nSPS) is 14.8. The molecule has 20 heavy (non-hydrogen) atoms. The maximum Gasteiger partial charge on any atom is 0.153 e. The number of ether oxygens (including phenoxy) is 2. The fourth-order valence-electron chi connectivity index (χ4n) is 2.06. The molecule has 1 heterocycles. The van der Waals surface area contributed by atoms with Gasteiger partial charge < -0.3 is 19.7 Å². The second kappa shape index (κ2) is 8.24. The van der Waals surface area contributed by atoms with Crippen LogP contribution in [-0.2, 0) is 4.74 Å². The molecule has 0 atom stereocenters. The van der Waals surface area contributed by atoms with Gasteiger partial charge >= 0.3 is 0 Å². The van der Waals surface area contributed by atoms with E-state index in [4.69, 9.17) is 9.47 Å². The molecule has 1 saturated heterocycles. The molecule has 114 valence electrons. The fourth-order valence-corrected chi connectivity index (χ4v) is 2.06. The lowest BCUT2D eigenvalue weighted by Gasteiger charge is -2.30. The van der Waals surface area contributed by atoms with Crippen LogP contribution in [0.4, 0.5) is 14.5 Å². The molecule has 0 unspecified atom stereocenters. The summed E-state index contributed by atoms with van der Waals surface area (Å²) < 4.78 is 38.0. The van der Waals surface area contributed by atoms with Crippen molar-refractivity contribution >= 4 is 18.1 Å². The maximum atomic E-state index is 14.0. The molecule has 1 fully saturated rings. The minimum atomic E-state index is -0.589. The van der Waals surface area contributed by atoms with Crippen molar-refractivity contribution in [3.8, 4) is 5.75 Å². The Labute approximate surface area is 123 Å². The molecule has 7 heteroatoms. The average molecular weight is 309 g/mol. The average Bonchev–Trinajstić information content (AvgIpc) is 2.39. The molecule has 0 spiro atoms. The highest BCUT2D eigenvalue weighted by Crippen LogP contribution is 2.28. The summed E-state index contributed by atoms with van der Waals surface area (Å²) >= 11 is 0. The molecule has 1 aliphatic heterocycles. The number of nitrogens with zero attached hydrogens (tertiary/aromatic N) is 1. The number of nitrogens with one attached hydrogen (secondary N) is 1. The van der Waals surface area contributed by atoms with Gasteiger partial charge in [0.25, 0.3) is 0 Å². The van der Waals surface area contributed by atoms with Gasteiger partial charge in [0.15, 0.2) is 11.6 Å². The Morgan fingerprint density at radius 2 is 1.75 bits per heavy atom. The van der Waals surface area contributed by atoms with Gasteiger partial charge in [-0.25, -0.2) is 8.78 Å². The summed E-state index contributed by atoms with van der Waals surface area (Å²) in [5.41, 5.74) is 0.0283. The van der Waals surface area contributed by atoms with Crippen LogP contribution in [0.25, 0.3) is 0 Å². The highest BCUT2D eigenvalue weighted by molar-refractivity contribution is 5.85. The predicted molar refractivity (Wildman–Crippen MR) is 76.1 cm³/mol. The van der Waals surface area contributed by atoms with Crippen LogP contribution in [0, 0.1) is 11.6 Å². The zero-order chi connectivity index (χ0) is 13.7. The Bertz CT molecular complexity index is 406. The van der Waals surface area contributed by atoms with Crippen molar-refractivity contribution in [2.75, 3.05) is 51.4 Å². The van der Waals surface area contributed by atoms with Crippen LogP contribution in [0.2, 0.25) is 0 Å². The van der Waals surface area contributed by atoms with Crippen molar-refractivity contribution in [1.82, 2.24) is 5.32 Å². The topological polar surface area (TPSA) is 33.7 Å². The lowest BCUT2D eigenvalue weighted by atomic mass is 10.2. The summed E-state index contributed by atoms with van der Waals surface area (Å²) in [4.78, 5) is 1.71. The Balaban J connectivity index is 0.00000200. The van der Waals surface area contributed by atoms with E-state index >= 15 is 0 Å². The van der Waals surface area contributed by atoms with Crippen LogP contribution in [0.5, 0.6) is 5.75 Å². The molecule has 1 aliphatic rings. The predicted octanol–water partition coefficient (Wildman–Crippen LogP) is 1.82. The van der Waals surface area contributed by atoms with Gasteiger partial charge in [-0.2, -0.15) is 0 Å². The van der Waals surface area contributed by atoms with Gasteiger partial charge in [-0.1, -0.05) is 0 Å². The molecule has 2 rings (SSSR count). The van der Waals surface area contributed by atoms with Crippen molar-refractivity contribution in [3.05, 3.63) is 23.8 Å². The zero-order valence-electron chi connectivity index (χ0n) is 11.3. The van der Waals surface area contributed by atoms with Crippen molar-refractivity contribution in [2.24, 2.45) is 0 Å². The highest BCUT2D eigenvalue weighted by atomic mass is 35.5. The summed E-state index contributed by atoms with van der Waals surface area (Å²) in [6, 6.07) is 2.44. The first kappa shape index (κ1) is 16.9. The third kappa shape index (κ3) is 4.19. The minimum Gasteiger partial charge on any atom is -0.491 e. The molecule has 1 aromatic rings. The number of piperazine rings is 1. The van der Waals surface area contributed by atoms with Gasteiger partial charge in [0.1, 0.15) is 18.0 Å². The number of hydrogen-bond donors (Lipinski definition) is 1. The van der Waals surface area contributed by atoms with Crippen molar-refractivity contribution in [3.63, 3.8) is 0 Å². The standard InChI is InChI=1S/C13H18F2N2O2.ClH/c1-18-6-7-19-10-8-11(14)13(12(15)9-10)17-4-2-16-3-5-17;/h8-9,16H,2-7H2,1H3;1H. The van der Waals surface area contributed by atoms with Gasteiger partial charge in [0.05, 0.1) is 6.61 Å². The van der Waals surface area contributed by atoms with Crippen LogP contribution < -0.4 is 15.0 Å². The van der Waals surface area contributed by atoms with Crippen molar-refractivity contribution in [1.29, 1.82) is 0 Å². The Morgan fingerprint density at radius 3 is 2.30 bits per heavy atom. The molecule has 1 aromatic carbocycles. The van der Waals surface area contributed by atoms with E-state index in [0.29, 0.717) is 19.7 Å². The molecule has 1 N–H and O–H groups in total. The highest BCUT2D eigenvalue weighted by Gasteiger charge is 2.20. The third-order valence-electron chi connectivity index (χ3n) is 2.98. The second-order valence-electron chi connectivity index (χ2n) is 4.31. The van der Waals surface area contributed by atoms with Crippen LogP contribution in [0.3, 0.4) is 0 Å². The largest absolute Gasteiger partial charge is 0.491 e. The Kier molecular flexibility index (Phi) is 6.98. The van der Waals surface area contributed by atoms with Crippen LogP contribution in [0.15, 0.2) is 12.1 Å². The zero-order valence-corrected chi connectivity index (χ0v) is 12.1. The van der Waals surface area contributed by atoms with E-state index in [2.05, 4.69) is 5.32 Å². The second-order valence-corrected chi connectivity index (χ2v) is 4.31. The summed E-state index contributed by atoms with van der Waals surface area (Å²) in [7, 11) is 1.54. The maximum absolute atomic E-state index is 14.0. The molecular weight excluding hydrogens is 290 g/mol. The third-order valence-corrected chi connectivity index (χ3v) is 2.98. The van der Waals surface area contributed by atoms with Gasteiger partial charge in [-0.3, -0.25) is 0 Å². The van der Waals surface area contributed by atoms with Crippen LogP contribution in [0.1, 0.15) is 0 Å². The molecule has 0 saturated carbocycles. The van der Waals surface area contributed by atoms with Gasteiger partial charge in [0.2, 0.25) is 0 Å². The van der Waals surface area contributed by atoms with E-state index in [1.807, 2.05) is 0 Å². The lowest BCUT2D eigenvalue weighted by molar-refractivity contribution is 0.146. The number of hydrogen-bond acceptors (Lipinski definition) is 4. The Morgan fingerprint density at radius 1 is 1.15 bits per heavy atom. The number of rotatable bonds is 5.